The molecule has 0 amide bonds. The number of hydrogen-bond donors (Lipinski definition) is 1. The highest BCUT2D eigenvalue weighted by atomic mass is 16.5. The lowest BCUT2D eigenvalue weighted by molar-refractivity contribution is 0.487. The third-order valence-corrected chi connectivity index (χ3v) is 2.68. The van der Waals surface area contributed by atoms with Gasteiger partial charge in [0.25, 0.3) is 0 Å². The standard InChI is InChI=1S/C15H12N2O/c16-14-10-9-11-5-4-8-13(15(11)17-14)18-12-6-2-1-3-7-12/h1-10H,(H2,16,17). The second-order valence-electron chi connectivity index (χ2n) is 3.98. The first-order valence-corrected chi connectivity index (χ1v) is 5.71. The predicted octanol–water partition coefficient (Wildman–Crippen LogP) is 3.61. The third kappa shape index (κ3) is 1.98. The van der Waals surface area contributed by atoms with Crippen LogP contribution in [0.3, 0.4) is 0 Å². The fourth-order valence-electron chi connectivity index (χ4n) is 1.83. The summed E-state index contributed by atoms with van der Waals surface area (Å²) in [4.78, 5) is 4.32. The van der Waals surface area contributed by atoms with Gasteiger partial charge in [0.15, 0.2) is 5.75 Å². The van der Waals surface area contributed by atoms with Gasteiger partial charge in [0.1, 0.15) is 17.1 Å². The van der Waals surface area contributed by atoms with Crippen LogP contribution in [0.2, 0.25) is 0 Å². The second kappa shape index (κ2) is 4.37. The number of rotatable bonds is 2. The number of benzene rings is 2. The summed E-state index contributed by atoms with van der Waals surface area (Å²) in [5.41, 5.74) is 6.50. The molecule has 1 heterocycles. The van der Waals surface area contributed by atoms with Crippen molar-refractivity contribution in [1.82, 2.24) is 4.98 Å². The van der Waals surface area contributed by atoms with Crippen LogP contribution in [0.5, 0.6) is 11.5 Å². The van der Waals surface area contributed by atoms with E-state index in [9.17, 15) is 0 Å². The number of nitrogen functional groups attached to an aromatic ring is 1. The Morgan fingerprint density at radius 2 is 1.67 bits per heavy atom. The maximum Gasteiger partial charge on any atom is 0.153 e. The number of aromatic nitrogens is 1. The summed E-state index contributed by atoms with van der Waals surface area (Å²) in [7, 11) is 0. The Morgan fingerprint density at radius 3 is 2.50 bits per heavy atom. The van der Waals surface area contributed by atoms with Crippen molar-refractivity contribution in [2.45, 2.75) is 0 Å². The summed E-state index contributed by atoms with van der Waals surface area (Å²) in [6.45, 7) is 0. The summed E-state index contributed by atoms with van der Waals surface area (Å²) in [6.07, 6.45) is 0. The molecule has 2 aromatic carbocycles. The Morgan fingerprint density at radius 1 is 0.833 bits per heavy atom. The highest BCUT2D eigenvalue weighted by molar-refractivity contribution is 5.85. The van der Waals surface area contributed by atoms with Crippen molar-refractivity contribution in [1.29, 1.82) is 0 Å². The van der Waals surface area contributed by atoms with Crippen LogP contribution >= 0.6 is 0 Å². The van der Waals surface area contributed by atoms with Crippen LogP contribution in [-0.4, -0.2) is 4.98 Å². The molecule has 0 aliphatic rings. The van der Waals surface area contributed by atoms with Gasteiger partial charge in [-0.05, 0) is 30.3 Å². The average molecular weight is 236 g/mol. The zero-order chi connectivity index (χ0) is 12.4. The number of pyridine rings is 1. The van der Waals surface area contributed by atoms with Crippen LogP contribution in [0.15, 0.2) is 60.7 Å². The van der Waals surface area contributed by atoms with Gasteiger partial charge in [0.2, 0.25) is 0 Å². The molecule has 0 aliphatic carbocycles. The van der Waals surface area contributed by atoms with E-state index in [0.29, 0.717) is 11.6 Å². The van der Waals surface area contributed by atoms with E-state index in [2.05, 4.69) is 4.98 Å². The summed E-state index contributed by atoms with van der Waals surface area (Å²) >= 11 is 0. The van der Waals surface area contributed by atoms with Crippen molar-refractivity contribution in [2.75, 3.05) is 5.73 Å². The average Bonchev–Trinajstić information content (AvgIpc) is 2.41. The van der Waals surface area contributed by atoms with E-state index in [-0.39, 0.29) is 0 Å². The number of fused-ring (bicyclic) bond motifs is 1. The molecule has 0 saturated carbocycles. The van der Waals surface area contributed by atoms with Crippen molar-refractivity contribution in [3.8, 4) is 11.5 Å². The predicted molar refractivity (Wildman–Crippen MR) is 72.7 cm³/mol. The minimum Gasteiger partial charge on any atom is -0.455 e. The number of para-hydroxylation sites is 2. The van der Waals surface area contributed by atoms with Gasteiger partial charge in [-0.1, -0.05) is 30.3 Å². The minimum absolute atomic E-state index is 0.492. The fraction of sp³-hybridized carbons (Fsp3) is 0. The molecule has 0 aliphatic heterocycles. The highest BCUT2D eigenvalue weighted by Crippen LogP contribution is 2.28. The Bertz CT molecular complexity index is 680. The van der Waals surface area contributed by atoms with Crippen molar-refractivity contribution < 1.29 is 4.74 Å². The molecule has 0 unspecified atom stereocenters. The molecule has 0 atom stereocenters. The SMILES string of the molecule is Nc1ccc2cccc(Oc3ccccc3)c2n1. The van der Waals surface area contributed by atoms with Gasteiger partial charge in [-0.2, -0.15) is 0 Å². The molecule has 0 spiro atoms. The van der Waals surface area contributed by atoms with Crippen molar-refractivity contribution in [3.05, 3.63) is 60.7 Å². The Labute approximate surface area is 105 Å². The monoisotopic (exact) mass is 236 g/mol. The molecule has 3 aromatic rings. The Kier molecular flexibility index (Phi) is 2.57. The minimum atomic E-state index is 0.492. The molecule has 0 radical (unpaired) electrons. The molecule has 0 bridgehead atoms. The summed E-state index contributed by atoms with van der Waals surface area (Å²) in [5, 5.41) is 1.01. The van der Waals surface area contributed by atoms with E-state index in [1.165, 1.54) is 0 Å². The first-order chi connectivity index (χ1) is 8.83. The third-order valence-electron chi connectivity index (χ3n) is 2.68. The van der Waals surface area contributed by atoms with Gasteiger partial charge < -0.3 is 10.5 Å². The zero-order valence-corrected chi connectivity index (χ0v) is 9.71. The smallest absolute Gasteiger partial charge is 0.153 e. The van der Waals surface area contributed by atoms with E-state index in [4.69, 9.17) is 10.5 Å². The van der Waals surface area contributed by atoms with Crippen LogP contribution in [0.4, 0.5) is 5.82 Å². The summed E-state index contributed by atoms with van der Waals surface area (Å²) in [5.74, 6) is 1.99. The van der Waals surface area contributed by atoms with Crippen LogP contribution in [0.25, 0.3) is 10.9 Å². The van der Waals surface area contributed by atoms with Crippen LogP contribution < -0.4 is 10.5 Å². The summed E-state index contributed by atoms with van der Waals surface area (Å²) in [6, 6.07) is 19.2. The molecular weight excluding hydrogens is 224 g/mol. The lowest BCUT2D eigenvalue weighted by atomic mass is 10.2. The molecule has 3 heteroatoms. The largest absolute Gasteiger partial charge is 0.455 e. The van der Waals surface area contributed by atoms with Crippen molar-refractivity contribution >= 4 is 16.7 Å². The molecule has 3 rings (SSSR count). The molecule has 18 heavy (non-hydrogen) atoms. The highest BCUT2D eigenvalue weighted by Gasteiger charge is 2.04. The van der Waals surface area contributed by atoms with Gasteiger partial charge >= 0.3 is 0 Å². The number of anilines is 1. The van der Waals surface area contributed by atoms with E-state index in [1.54, 1.807) is 6.07 Å². The van der Waals surface area contributed by atoms with Crippen LogP contribution in [0, 0.1) is 0 Å². The lowest BCUT2D eigenvalue weighted by Gasteiger charge is -2.08. The number of nitrogens with zero attached hydrogens (tertiary/aromatic N) is 1. The van der Waals surface area contributed by atoms with Gasteiger partial charge in [-0.3, -0.25) is 0 Å². The quantitative estimate of drug-likeness (QED) is 0.739. The van der Waals surface area contributed by atoms with Crippen molar-refractivity contribution in [2.24, 2.45) is 0 Å². The summed E-state index contributed by atoms with van der Waals surface area (Å²) < 4.78 is 5.83. The second-order valence-corrected chi connectivity index (χ2v) is 3.98. The molecule has 0 saturated heterocycles. The fourth-order valence-corrected chi connectivity index (χ4v) is 1.83. The Balaban J connectivity index is 2.09. The molecule has 1 aromatic heterocycles. The molecule has 0 fully saturated rings. The molecule has 3 nitrogen and oxygen atoms in total. The maximum atomic E-state index is 5.83. The van der Waals surface area contributed by atoms with E-state index >= 15 is 0 Å². The van der Waals surface area contributed by atoms with E-state index in [0.717, 1.165) is 16.7 Å². The van der Waals surface area contributed by atoms with Gasteiger partial charge in [0, 0.05) is 5.39 Å². The van der Waals surface area contributed by atoms with Crippen LogP contribution in [0.1, 0.15) is 0 Å². The molecule has 2 N–H and O–H groups in total. The first-order valence-electron chi connectivity index (χ1n) is 5.71. The molecule has 88 valence electrons. The zero-order valence-electron chi connectivity index (χ0n) is 9.71. The van der Waals surface area contributed by atoms with E-state index in [1.807, 2.05) is 54.6 Å². The number of hydrogen-bond acceptors (Lipinski definition) is 3. The topological polar surface area (TPSA) is 48.1 Å². The number of nitrogens with two attached hydrogens (primary N) is 1. The maximum absolute atomic E-state index is 5.83. The van der Waals surface area contributed by atoms with Crippen LogP contribution in [-0.2, 0) is 0 Å². The normalized spacial score (nSPS) is 10.4. The van der Waals surface area contributed by atoms with E-state index < -0.39 is 0 Å². The Hall–Kier alpha value is -2.55. The number of ether oxygens (including phenoxy) is 1. The van der Waals surface area contributed by atoms with Crippen molar-refractivity contribution in [3.63, 3.8) is 0 Å². The van der Waals surface area contributed by atoms with Gasteiger partial charge in [-0.15, -0.1) is 0 Å². The van der Waals surface area contributed by atoms with Gasteiger partial charge in [-0.25, -0.2) is 4.98 Å². The van der Waals surface area contributed by atoms with Gasteiger partial charge in [0.05, 0.1) is 0 Å². The first kappa shape index (κ1) is 10.6. The lowest BCUT2D eigenvalue weighted by Crippen LogP contribution is -1.92. The molecular formula is C15H12N2O.